The van der Waals surface area contributed by atoms with Gasteiger partial charge in [-0.2, -0.15) is 0 Å². The van der Waals surface area contributed by atoms with Gasteiger partial charge in [0.15, 0.2) is 0 Å². The summed E-state index contributed by atoms with van der Waals surface area (Å²) in [6.07, 6.45) is 0.340. The number of aliphatic carboxylic acids is 1. The van der Waals surface area contributed by atoms with Gasteiger partial charge in [0.05, 0.1) is 13.2 Å². The standard InChI is InChI=1S/C18H24N2O5/c1-12-4-5-14(8-13(12)2)16(22)19-9-15(21)20-7-6-18(10-20,11-25-3)17(23)24/h4-5,8H,6-7,9-11H2,1-3H3,(H,19,22)(H,23,24). The lowest BCUT2D eigenvalue weighted by atomic mass is 9.88. The summed E-state index contributed by atoms with van der Waals surface area (Å²) in [7, 11) is 1.44. The minimum absolute atomic E-state index is 0.0567. The number of hydrogen-bond donors (Lipinski definition) is 2. The molecule has 25 heavy (non-hydrogen) atoms. The molecule has 1 aromatic carbocycles. The van der Waals surface area contributed by atoms with Crippen LogP contribution < -0.4 is 5.32 Å². The van der Waals surface area contributed by atoms with Crippen LogP contribution in [-0.4, -0.2) is 61.1 Å². The molecule has 7 heteroatoms. The molecule has 1 heterocycles. The van der Waals surface area contributed by atoms with Crippen LogP contribution in [0.5, 0.6) is 0 Å². The first-order valence-electron chi connectivity index (χ1n) is 8.14. The molecule has 1 aromatic rings. The third-order valence-electron chi connectivity index (χ3n) is 4.75. The molecule has 1 aliphatic rings. The smallest absolute Gasteiger partial charge is 0.313 e. The predicted molar refractivity (Wildman–Crippen MR) is 91.4 cm³/mol. The van der Waals surface area contributed by atoms with E-state index in [1.165, 1.54) is 12.0 Å². The SMILES string of the molecule is COCC1(C(=O)O)CCN(C(=O)CNC(=O)c2ccc(C)c(C)c2)C1. The van der Waals surface area contributed by atoms with Gasteiger partial charge in [0.2, 0.25) is 5.91 Å². The first-order chi connectivity index (χ1) is 11.8. The zero-order valence-corrected chi connectivity index (χ0v) is 14.8. The molecule has 1 atom stereocenters. The molecule has 0 aromatic heterocycles. The number of aryl methyl sites for hydroxylation is 2. The van der Waals surface area contributed by atoms with Crippen molar-refractivity contribution in [3.8, 4) is 0 Å². The zero-order chi connectivity index (χ0) is 18.6. The van der Waals surface area contributed by atoms with Crippen molar-refractivity contribution >= 4 is 17.8 Å². The van der Waals surface area contributed by atoms with Crippen LogP contribution in [0, 0.1) is 19.3 Å². The van der Waals surface area contributed by atoms with E-state index in [1.54, 1.807) is 12.1 Å². The molecule has 0 aliphatic carbocycles. The average molecular weight is 348 g/mol. The molecule has 1 fully saturated rings. The highest BCUT2D eigenvalue weighted by atomic mass is 16.5. The van der Waals surface area contributed by atoms with Crippen LogP contribution in [0.1, 0.15) is 27.9 Å². The molecule has 0 spiro atoms. The normalized spacial score (nSPS) is 19.7. The molecule has 0 saturated carbocycles. The van der Waals surface area contributed by atoms with Gasteiger partial charge < -0.3 is 20.1 Å². The molecule has 0 bridgehead atoms. The Labute approximate surface area is 147 Å². The Morgan fingerprint density at radius 3 is 2.60 bits per heavy atom. The summed E-state index contributed by atoms with van der Waals surface area (Å²) in [5, 5.41) is 12.0. The number of carboxylic acid groups (broad SMARTS) is 1. The van der Waals surface area contributed by atoms with Gasteiger partial charge in [-0.25, -0.2) is 0 Å². The highest BCUT2D eigenvalue weighted by Gasteiger charge is 2.46. The fourth-order valence-corrected chi connectivity index (χ4v) is 2.97. The maximum atomic E-state index is 12.3. The molecule has 1 aliphatic heterocycles. The number of methoxy groups -OCH3 is 1. The topological polar surface area (TPSA) is 95.9 Å². The lowest BCUT2D eigenvalue weighted by Gasteiger charge is -2.23. The maximum absolute atomic E-state index is 12.3. The molecule has 0 radical (unpaired) electrons. The highest BCUT2D eigenvalue weighted by Crippen LogP contribution is 2.31. The van der Waals surface area contributed by atoms with Crippen molar-refractivity contribution in [2.24, 2.45) is 5.41 Å². The van der Waals surface area contributed by atoms with E-state index in [0.29, 0.717) is 18.5 Å². The van der Waals surface area contributed by atoms with Crippen LogP contribution in [0.25, 0.3) is 0 Å². The van der Waals surface area contributed by atoms with Crippen molar-refractivity contribution in [2.75, 3.05) is 33.4 Å². The Morgan fingerprint density at radius 1 is 1.28 bits per heavy atom. The van der Waals surface area contributed by atoms with Crippen molar-refractivity contribution < 1.29 is 24.2 Å². The molecule has 136 valence electrons. The fourth-order valence-electron chi connectivity index (χ4n) is 2.97. The number of likely N-dealkylation sites (tertiary alicyclic amines) is 1. The number of carbonyl (C=O) groups is 3. The summed E-state index contributed by atoms with van der Waals surface area (Å²) in [4.78, 5) is 37.4. The van der Waals surface area contributed by atoms with Crippen molar-refractivity contribution in [3.63, 3.8) is 0 Å². The van der Waals surface area contributed by atoms with Crippen LogP contribution in [0.3, 0.4) is 0 Å². The number of nitrogens with zero attached hydrogens (tertiary/aromatic N) is 1. The highest BCUT2D eigenvalue weighted by molar-refractivity contribution is 5.96. The number of carboxylic acids is 1. The monoisotopic (exact) mass is 348 g/mol. The lowest BCUT2D eigenvalue weighted by molar-refractivity contribution is -0.151. The molecule has 1 unspecified atom stereocenters. The second kappa shape index (κ2) is 7.65. The van der Waals surface area contributed by atoms with Crippen LogP contribution in [0.4, 0.5) is 0 Å². The number of rotatable bonds is 6. The van der Waals surface area contributed by atoms with E-state index < -0.39 is 11.4 Å². The van der Waals surface area contributed by atoms with Crippen molar-refractivity contribution in [1.82, 2.24) is 10.2 Å². The molecule has 2 N–H and O–H groups in total. The Hall–Kier alpha value is -2.41. The van der Waals surface area contributed by atoms with Gasteiger partial charge in [-0.05, 0) is 43.5 Å². The minimum atomic E-state index is -1.07. The predicted octanol–water partition coefficient (Wildman–Crippen LogP) is 0.983. The number of benzene rings is 1. The number of nitrogens with one attached hydrogen (secondary N) is 1. The van der Waals surface area contributed by atoms with E-state index in [-0.39, 0.29) is 31.5 Å². The van der Waals surface area contributed by atoms with Gasteiger partial charge >= 0.3 is 5.97 Å². The van der Waals surface area contributed by atoms with Gasteiger partial charge in [-0.1, -0.05) is 6.07 Å². The Bertz CT molecular complexity index is 688. The van der Waals surface area contributed by atoms with E-state index in [9.17, 15) is 19.5 Å². The molecule has 2 rings (SSSR count). The first kappa shape index (κ1) is 18.9. The van der Waals surface area contributed by atoms with Crippen LogP contribution >= 0.6 is 0 Å². The van der Waals surface area contributed by atoms with Gasteiger partial charge in [-0.15, -0.1) is 0 Å². The number of ether oxygens (including phenoxy) is 1. The van der Waals surface area contributed by atoms with Crippen molar-refractivity contribution in [3.05, 3.63) is 34.9 Å². The molecular formula is C18H24N2O5. The van der Waals surface area contributed by atoms with Gasteiger partial charge in [0, 0.05) is 25.8 Å². The van der Waals surface area contributed by atoms with Gasteiger partial charge in [0.25, 0.3) is 5.91 Å². The summed E-state index contributed by atoms with van der Waals surface area (Å²) < 4.78 is 5.01. The maximum Gasteiger partial charge on any atom is 0.313 e. The molecule has 7 nitrogen and oxygen atoms in total. The minimum Gasteiger partial charge on any atom is -0.481 e. The third-order valence-corrected chi connectivity index (χ3v) is 4.75. The second-order valence-electron chi connectivity index (χ2n) is 6.57. The lowest BCUT2D eigenvalue weighted by Crippen LogP contribution is -2.43. The Balaban J connectivity index is 1.93. The number of carbonyl (C=O) groups excluding carboxylic acids is 2. The molecule has 2 amide bonds. The summed E-state index contributed by atoms with van der Waals surface area (Å²) in [5.41, 5.74) is 1.52. The van der Waals surface area contributed by atoms with E-state index >= 15 is 0 Å². The molecular weight excluding hydrogens is 324 g/mol. The van der Waals surface area contributed by atoms with Gasteiger partial charge in [0.1, 0.15) is 5.41 Å². The van der Waals surface area contributed by atoms with E-state index in [4.69, 9.17) is 4.74 Å². The first-order valence-corrected chi connectivity index (χ1v) is 8.14. The average Bonchev–Trinajstić information content (AvgIpc) is 3.01. The summed E-state index contributed by atoms with van der Waals surface area (Å²) in [5.74, 6) is -1.59. The van der Waals surface area contributed by atoms with E-state index in [2.05, 4.69) is 5.32 Å². The van der Waals surface area contributed by atoms with Crippen LogP contribution in [0.15, 0.2) is 18.2 Å². The summed E-state index contributed by atoms with van der Waals surface area (Å²) >= 11 is 0. The number of hydrogen-bond acceptors (Lipinski definition) is 4. The zero-order valence-electron chi connectivity index (χ0n) is 14.8. The molecule has 1 saturated heterocycles. The quantitative estimate of drug-likeness (QED) is 0.799. The van der Waals surface area contributed by atoms with Gasteiger partial charge in [-0.3, -0.25) is 14.4 Å². The summed E-state index contributed by atoms with van der Waals surface area (Å²) in [6, 6.07) is 5.35. The third kappa shape index (κ3) is 4.17. The Kier molecular flexibility index (Phi) is 5.79. The second-order valence-corrected chi connectivity index (χ2v) is 6.57. The van der Waals surface area contributed by atoms with Crippen LogP contribution in [-0.2, 0) is 14.3 Å². The Morgan fingerprint density at radius 2 is 2.00 bits per heavy atom. The van der Waals surface area contributed by atoms with Crippen molar-refractivity contribution in [2.45, 2.75) is 20.3 Å². The van der Waals surface area contributed by atoms with E-state index in [0.717, 1.165) is 11.1 Å². The van der Waals surface area contributed by atoms with Crippen molar-refractivity contribution in [1.29, 1.82) is 0 Å². The number of amides is 2. The van der Waals surface area contributed by atoms with Crippen LogP contribution in [0.2, 0.25) is 0 Å². The fraction of sp³-hybridized carbons (Fsp3) is 0.500. The summed E-state index contributed by atoms with van der Waals surface area (Å²) in [6.45, 7) is 4.21. The van der Waals surface area contributed by atoms with E-state index in [1.807, 2.05) is 19.9 Å². The largest absolute Gasteiger partial charge is 0.481 e.